The van der Waals surface area contributed by atoms with Crippen molar-refractivity contribution >= 4 is 17.5 Å². The van der Waals surface area contributed by atoms with Gasteiger partial charge in [0.2, 0.25) is 0 Å². The van der Waals surface area contributed by atoms with Gasteiger partial charge in [-0.3, -0.25) is 4.79 Å². The van der Waals surface area contributed by atoms with Crippen LogP contribution in [-0.4, -0.2) is 25.0 Å². The molecule has 0 aromatic heterocycles. The molecule has 1 aliphatic heterocycles. The molecule has 1 amide bonds. The number of benzene rings is 2. The first-order valence-electron chi connectivity index (χ1n) is 8.19. The first kappa shape index (κ1) is 16.8. The Morgan fingerprint density at radius 2 is 1.96 bits per heavy atom. The summed E-state index contributed by atoms with van der Waals surface area (Å²) in [4.78, 5) is 12.4. The van der Waals surface area contributed by atoms with E-state index in [9.17, 15) is 4.79 Å². The Balaban J connectivity index is 1.59. The van der Waals surface area contributed by atoms with Gasteiger partial charge < -0.3 is 15.4 Å². The van der Waals surface area contributed by atoms with Gasteiger partial charge in [0, 0.05) is 16.6 Å². The molecule has 1 fully saturated rings. The molecule has 0 saturated carbocycles. The highest BCUT2D eigenvalue weighted by atomic mass is 35.5. The van der Waals surface area contributed by atoms with Crippen LogP contribution in [0, 0.1) is 0 Å². The van der Waals surface area contributed by atoms with Crippen LogP contribution in [0.3, 0.4) is 0 Å². The summed E-state index contributed by atoms with van der Waals surface area (Å²) in [6.07, 6.45) is 1.94. The number of amides is 1. The molecule has 0 spiro atoms. The van der Waals surface area contributed by atoms with Gasteiger partial charge in [-0.25, -0.2) is 0 Å². The number of nitrogens with one attached hydrogen (secondary N) is 2. The van der Waals surface area contributed by atoms with Gasteiger partial charge in [0.15, 0.2) is 0 Å². The van der Waals surface area contributed by atoms with E-state index in [1.807, 2.05) is 42.5 Å². The minimum atomic E-state index is -0.0462. The molecule has 0 bridgehead atoms. The van der Waals surface area contributed by atoms with Crippen LogP contribution in [0.2, 0.25) is 5.02 Å². The zero-order valence-electron chi connectivity index (χ0n) is 13.4. The summed E-state index contributed by atoms with van der Waals surface area (Å²) in [6, 6.07) is 15.1. The molecule has 3 rings (SSSR count). The Labute approximate surface area is 147 Å². The quantitative estimate of drug-likeness (QED) is 0.874. The van der Waals surface area contributed by atoms with Crippen molar-refractivity contribution in [3.05, 3.63) is 64.7 Å². The molecule has 1 heterocycles. The van der Waals surface area contributed by atoms with Crippen molar-refractivity contribution in [3.8, 4) is 5.75 Å². The normalized spacial score (nSPS) is 15.0. The van der Waals surface area contributed by atoms with Crippen molar-refractivity contribution < 1.29 is 9.53 Å². The Kier molecular flexibility index (Phi) is 5.72. The molecule has 0 unspecified atom stereocenters. The minimum absolute atomic E-state index is 0.0462. The molecule has 24 heavy (non-hydrogen) atoms. The van der Waals surface area contributed by atoms with Crippen LogP contribution in [0.5, 0.6) is 5.75 Å². The van der Waals surface area contributed by atoms with E-state index in [-0.39, 0.29) is 11.9 Å². The summed E-state index contributed by atoms with van der Waals surface area (Å²) in [6.45, 7) is 2.32. The predicted molar refractivity (Wildman–Crippen MR) is 95.6 cm³/mol. The van der Waals surface area contributed by atoms with E-state index in [0.717, 1.165) is 31.5 Å². The number of rotatable bonds is 5. The molecular weight excluding hydrogens is 324 g/mol. The molecular formula is C19H21ClN2O2. The van der Waals surface area contributed by atoms with E-state index in [0.29, 0.717) is 22.9 Å². The van der Waals surface area contributed by atoms with Gasteiger partial charge in [0.25, 0.3) is 5.91 Å². The average molecular weight is 345 g/mol. The molecule has 0 atom stereocenters. The molecule has 2 aromatic rings. The lowest BCUT2D eigenvalue weighted by molar-refractivity contribution is 0.0929. The second-order valence-electron chi connectivity index (χ2n) is 5.94. The first-order chi connectivity index (χ1) is 11.7. The third kappa shape index (κ3) is 4.73. The van der Waals surface area contributed by atoms with E-state index in [1.165, 1.54) is 0 Å². The monoisotopic (exact) mass is 344 g/mol. The largest absolute Gasteiger partial charge is 0.489 e. The summed E-state index contributed by atoms with van der Waals surface area (Å²) in [5, 5.41) is 7.07. The average Bonchev–Trinajstić information content (AvgIpc) is 2.61. The van der Waals surface area contributed by atoms with E-state index in [1.54, 1.807) is 6.07 Å². The van der Waals surface area contributed by atoms with E-state index in [4.69, 9.17) is 16.3 Å². The van der Waals surface area contributed by atoms with Crippen LogP contribution in [-0.2, 0) is 6.61 Å². The van der Waals surface area contributed by atoms with Crippen LogP contribution in [0.15, 0.2) is 48.5 Å². The number of ether oxygens (including phenoxy) is 1. The van der Waals surface area contributed by atoms with Crippen molar-refractivity contribution in [2.45, 2.75) is 25.5 Å². The number of piperidine rings is 1. The van der Waals surface area contributed by atoms with Crippen molar-refractivity contribution in [1.82, 2.24) is 10.6 Å². The lowest BCUT2D eigenvalue weighted by atomic mass is 10.1. The van der Waals surface area contributed by atoms with E-state index in [2.05, 4.69) is 10.6 Å². The highest BCUT2D eigenvalue weighted by Crippen LogP contribution is 2.17. The summed E-state index contributed by atoms with van der Waals surface area (Å²) in [5.74, 6) is 0.628. The minimum Gasteiger partial charge on any atom is -0.489 e. The van der Waals surface area contributed by atoms with Crippen LogP contribution in [0.1, 0.15) is 28.8 Å². The standard InChI is InChI=1S/C19H21ClN2O2/c20-16-5-1-3-14(11-16)13-24-18-6-2-4-15(12-18)19(23)22-17-7-9-21-10-8-17/h1-6,11-12,17,21H,7-10,13H2,(H,22,23). The maximum absolute atomic E-state index is 12.4. The Hall–Kier alpha value is -2.04. The van der Waals surface area contributed by atoms with Crippen LogP contribution >= 0.6 is 11.6 Å². The first-order valence-corrected chi connectivity index (χ1v) is 8.57. The van der Waals surface area contributed by atoms with Gasteiger partial charge in [0.1, 0.15) is 12.4 Å². The number of halogens is 1. The zero-order valence-corrected chi connectivity index (χ0v) is 14.2. The highest BCUT2D eigenvalue weighted by molar-refractivity contribution is 6.30. The summed E-state index contributed by atoms with van der Waals surface area (Å²) in [7, 11) is 0. The number of carbonyl (C=O) groups is 1. The maximum atomic E-state index is 12.4. The Morgan fingerprint density at radius 1 is 1.17 bits per heavy atom. The third-order valence-corrected chi connectivity index (χ3v) is 4.30. The Bertz CT molecular complexity index is 699. The topological polar surface area (TPSA) is 50.4 Å². The van der Waals surface area contributed by atoms with Crippen LogP contribution in [0.25, 0.3) is 0 Å². The molecule has 1 aliphatic rings. The third-order valence-electron chi connectivity index (χ3n) is 4.07. The van der Waals surface area contributed by atoms with Crippen molar-refractivity contribution in [1.29, 1.82) is 0 Å². The van der Waals surface area contributed by atoms with Crippen LogP contribution < -0.4 is 15.4 Å². The molecule has 126 valence electrons. The molecule has 2 N–H and O–H groups in total. The fraction of sp³-hybridized carbons (Fsp3) is 0.316. The SMILES string of the molecule is O=C(NC1CCNCC1)c1cccc(OCc2cccc(Cl)c2)c1. The number of hydrogen-bond donors (Lipinski definition) is 2. The van der Waals surface area contributed by atoms with Gasteiger partial charge in [-0.05, 0) is 61.8 Å². The summed E-state index contributed by atoms with van der Waals surface area (Å²) in [5.41, 5.74) is 1.61. The molecule has 5 heteroatoms. The highest BCUT2D eigenvalue weighted by Gasteiger charge is 2.16. The van der Waals surface area contributed by atoms with Crippen molar-refractivity contribution in [2.24, 2.45) is 0 Å². The molecule has 2 aromatic carbocycles. The Morgan fingerprint density at radius 3 is 2.75 bits per heavy atom. The lowest BCUT2D eigenvalue weighted by Crippen LogP contribution is -2.42. The smallest absolute Gasteiger partial charge is 0.251 e. The lowest BCUT2D eigenvalue weighted by Gasteiger charge is -2.23. The van der Waals surface area contributed by atoms with Crippen LogP contribution in [0.4, 0.5) is 0 Å². The number of hydrogen-bond acceptors (Lipinski definition) is 3. The van der Waals surface area contributed by atoms with Gasteiger partial charge in [-0.2, -0.15) is 0 Å². The fourth-order valence-electron chi connectivity index (χ4n) is 2.76. The van der Waals surface area contributed by atoms with E-state index >= 15 is 0 Å². The summed E-state index contributed by atoms with van der Waals surface area (Å²) >= 11 is 5.97. The second kappa shape index (κ2) is 8.18. The zero-order chi connectivity index (χ0) is 16.8. The molecule has 0 aliphatic carbocycles. The predicted octanol–water partition coefficient (Wildman–Crippen LogP) is 3.40. The molecule has 4 nitrogen and oxygen atoms in total. The number of carbonyl (C=O) groups excluding carboxylic acids is 1. The van der Waals surface area contributed by atoms with E-state index < -0.39 is 0 Å². The molecule has 1 saturated heterocycles. The van der Waals surface area contributed by atoms with Gasteiger partial charge in [-0.1, -0.05) is 29.8 Å². The summed E-state index contributed by atoms with van der Waals surface area (Å²) < 4.78 is 5.78. The van der Waals surface area contributed by atoms with Gasteiger partial charge in [0.05, 0.1) is 0 Å². The maximum Gasteiger partial charge on any atom is 0.251 e. The van der Waals surface area contributed by atoms with Crippen molar-refractivity contribution in [2.75, 3.05) is 13.1 Å². The van der Waals surface area contributed by atoms with Gasteiger partial charge in [-0.15, -0.1) is 0 Å². The van der Waals surface area contributed by atoms with Gasteiger partial charge >= 0.3 is 0 Å². The fourth-order valence-corrected chi connectivity index (χ4v) is 2.97. The second-order valence-corrected chi connectivity index (χ2v) is 6.38. The molecule has 0 radical (unpaired) electrons. The van der Waals surface area contributed by atoms with Crippen molar-refractivity contribution in [3.63, 3.8) is 0 Å².